The lowest BCUT2D eigenvalue weighted by atomic mass is 10.5. The van der Waals surface area contributed by atoms with Crippen molar-refractivity contribution in [1.82, 2.24) is 9.67 Å². The van der Waals surface area contributed by atoms with E-state index in [1.54, 1.807) is 6.20 Å². The topological polar surface area (TPSA) is 47.9 Å². The van der Waals surface area contributed by atoms with Crippen molar-refractivity contribution in [3.8, 4) is 0 Å². The fourth-order valence-corrected chi connectivity index (χ4v) is 2.31. The Kier molecular flexibility index (Phi) is 1.70. The third-order valence-electron chi connectivity index (χ3n) is 2.45. The maximum Gasteiger partial charge on any atom is 0.361 e. The molecule has 2 N–H and O–H groups in total. The molecule has 14 heavy (non-hydrogen) atoms. The zero-order chi connectivity index (χ0) is 9.71. The van der Waals surface area contributed by atoms with Gasteiger partial charge in [-0.25, -0.2) is 4.68 Å². The van der Waals surface area contributed by atoms with E-state index in [0.29, 0.717) is 11.7 Å². The lowest BCUT2D eigenvalue weighted by Crippen LogP contribution is -2.32. The van der Waals surface area contributed by atoms with E-state index in [1.807, 2.05) is 6.20 Å². The first-order valence-corrected chi connectivity index (χ1v) is 5.67. The summed E-state index contributed by atoms with van der Waals surface area (Å²) in [5, 5.41) is 0. The highest BCUT2D eigenvalue weighted by atomic mass is 127. The Morgan fingerprint density at radius 2 is 2.36 bits per heavy atom. The van der Waals surface area contributed by atoms with Crippen LogP contribution in [0.25, 0.3) is 5.65 Å². The van der Waals surface area contributed by atoms with Crippen molar-refractivity contribution in [3.05, 3.63) is 22.2 Å². The second-order valence-electron chi connectivity index (χ2n) is 3.64. The summed E-state index contributed by atoms with van der Waals surface area (Å²) in [6.07, 6.45) is 8.31. The number of aromatic nitrogens is 3. The number of nitrogens with zero attached hydrogens (tertiary/aromatic N) is 3. The number of hydrogen-bond donors (Lipinski definition) is 1. The number of hydrogen-bond acceptors (Lipinski definition) is 2. The molecule has 0 amide bonds. The van der Waals surface area contributed by atoms with Crippen molar-refractivity contribution in [2.45, 2.75) is 18.9 Å². The number of nitrogen functional groups attached to an aromatic ring is 1. The molecule has 1 fully saturated rings. The summed E-state index contributed by atoms with van der Waals surface area (Å²) in [6.45, 7) is 0. The Labute approximate surface area is 94.9 Å². The van der Waals surface area contributed by atoms with Crippen LogP contribution in [0, 0.1) is 3.57 Å². The van der Waals surface area contributed by atoms with Gasteiger partial charge in [0.25, 0.3) is 0 Å². The summed E-state index contributed by atoms with van der Waals surface area (Å²) in [5.41, 5.74) is 7.42. The molecule has 2 heterocycles. The molecule has 0 aliphatic heterocycles. The van der Waals surface area contributed by atoms with Gasteiger partial charge >= 0.3 is 5.65 Å². The molecule has 1 aliphatic carbocycles. The Morgan fingerprint density at radius 3 is 3.07 bits per heavy atom. The summed E-state index contributed by atoms with van der Waals surface area (Å²) < 4.78 is 5.45. The van der Waals surface area contributed by atoms with Gasteiger partial charge in [-0.15, -0.1) is 4.52 Å². The first-order chi connectivity index (χ1) is 6.75. The molecule has 2 aromatic rings. The second kappa shape index (κ2) is 2.82. The van der Waals surface area contributed by atoms with E-state index < -0.39 is 0 Å². The molecule has 0 unspecified atom stereocenters. The number of rotatable bonds is 1. The molecule has 0 aromatic carbocycles. The van der Waals surface area contributed by atoms with Crippen molar-refractivity contribution in [2.75, 3.05) is 5.73 Å². The van der Waals surface area contributed by atoms with Crippen LogP contribution in [0.3, 0.4) is 0 Å². The fraction of sp³-hybridized carbons (Fsp3) is 0.333. The Balaban J connectivity index is 2.33. The van der Waals surface area contributed by atoms with E-state index >= 15 is 0 Å². The molecule has 0 bridgehead atoms. The molecule has 1 aliphatic rings. The quantitative estimate of drug-likeness (QED) is 0.634. The summed E-state index contributed by atoms with van der Waals surface area (Å²) in [4.78, 5) is 4.32. The largest absolute Gasteiger partial charge is 0.393 e. The molecule has 4 nitrogen and oxygen atoms in total. The van der Waals surface area contributed by atoms with Gasteiger partial charge in [-0.1, -0.05) is 0 Å². The van der Waals surface area contributed by atoms with Gasteiger partial charge in [-0.3, -0.25) is 0 Å². The third-order valence-corrected chi connectivity index (χ3v) is 3.21. The van der Waals surface area contributed by atoms with Crippen LogP contribution < -0.4 is 10.2 Å². The second-order valence-corrected chi connectivity index (χ2v) is 4.81. The van der Waals surface area contributed by atoms with Crippen LogP contribution in [-0.4, -0.2) is 9.67 Å². The molecule has 0 spiro atoms. The van der Waals surface area contributed by atoms with Crippen LogP contribution in [0.5, 0.6) is 0 Å². The highest BCUT2D eigenvalue weighted by Gasteiger charge is 2.29. The minimum Gasteiger partial charge on any atom is -0.393 e. The Hall–Kier alpha value is -0.850. The number of fused-ring (bicyclic) bond motifs is 1. The zero-order valence-corrected chi connectivity index (χ0v) is 9.68. The lowest BCUT2D eigenvalue weighted by molar-refractivity contribution is -0.612. The summed E-state index contributed by atoms with van der Waals surface area (Å²) >= 11 is 2.31. The van der Waals surface area contributed by atoms with Crippen molar-refractivity contribution >= 4 is 33.9 Å². The molecular formula is C9H10IN4+. The molecule has 1 saturated carbocycles. The van der Waals surface area contributed by atoms with Crippen LogP contribution in [0.4, 0.5) is 5.69 Å². The molecular weight excluding hydrogens is 291 g/mol. The number of halogens is 1. The maximum atomic E-state index is 5.72. The first kappa shape index (κ1) is 8.46. The number of anilines is 1. The van der Waals surface area contributed by atoms with Crippen molar-refractivity contribution in [1.29, 1.82) is 0 Å². The average Bonchev–Trinajstić information content (AvgIpc) is 2.93. The predicted molar refractivity (Wildman–Crippen MR) is 60.8 cm³/mol. The van der Waals surface area contributed by atoms with Gasteiger partial charge in [-0.05, 0) is 40.4 Å². The van der Waals surface area contributed by atoms with E-state index in [1.165, 1.54) is 16.4 Å². The van der Waals surface area contributed by atoms with E-state index in [-0.39, 0.29) is 0 Å². The molecule has 5 heteroatoms. The SMILES string of the molecule is Nc1cnc2c(I)cn(C3CC3)[n+]2c1. The molecule has 0 saturated heterocycles. The van der Waals surface area contributed by atoms with Crippen LogP contribution in [0.15, 0.2) is 18.6 Å². The lowest BCUT2D eigenvalue weighted by Gasteiger charge is -1.96. The maximum absolute atomic E-state index is 5.72. The van der Waals surface area contributed by atoms with Crippen molar-refractivity contribution in [3.63, 3.8) is 0 Å². The van der Waals surface area contributed by atoms with E-state index in [4.69, 9.17) is 5.73 Å². The third kappa shape index (κ3) is 1.18. The fourth-order valence-electron chi connectivity index (χ4n) is 1.63. The van der Waals surface area contributed by atoms with Gasteiger partial charge in [0.2, 0.25) is 0 Å². The average molecular weight is 301 g/mol. The van der Waals surface area contributed by atoms with E-state index in [0.717, 1.165) is 5.65 Å². The molecule has 2 aromatic heterocycles. The standard InChI is InChI=1S/C9H10IN4/c10-8-5-13(7-1-2-7)14-4-6(11)3-12-9(8)14/h3-5,7H,1-2,11H2/q+1. The van der Waals surface area contributed by atoms with Gasteiger partial charge < -0.3 is 5.73 Å². The smallest absolute Gasteiger partial charge is 0.361 e. The van der Waals surface area contributed by atoms with Crippen LogP contribution in [0.2, 0.25) is 0 Å². The van der Waals surface area contributed by atoms with Gasteiger partial charge in [0.05, 0.1) is 12.2 Å². The van der Waals surface area contributed by atoms with Gasteiger partial charge in [0.1, 0.15) is 15.5 Å². The van der Waals surface area contributed by atoms with Crippen LogP contribution >= 0.6 is 22.6 Å². The summed E-state index contributed by atoms with van der Waals surface area (Å²) in [7, 11) is 0. The van der Waals surface area contributed by atoms with Gasteiger partial charge in [0, 0.05) is 0 Å². The molecule has 3 rings (SSSR count). The highest BCUT2D eigenvalue weighted by Crippen LogP contribution is 2.34. The van der Waals surface area contributed by atoms with Crippen molar-refractivity contribution in [2.24, 2.45) is 0 Å². The monoisotopic (exact) mass is 301 g/mol. The van der Waals surface area contributed by atoms with Crippen LogP contribution in [0.1, 0.15) is 18.9 Å². The van der Waals surface area contributed by atoms with Crippen molar-refractivity contribution < 1.29 is 4.52 Å². The minimum atomic E-state index is 0.648. The number of nitrogens with two attached hydrogens (primary N) is 1. The first-order valence-electron chi connectivity index (χ1n) is 4.59. The highest BCUT2D eigenvalue weighted by molar-refractivity contribution is 14.1. The summed E-state index contributed by atoms with van der Waals surface area (Å²) in [5.74, 6) is 0. The zero-order valence-electron chi connectivity index (χ0n) is 7.52. The summed E-state index contributed by atoms with van der Waals surface area (Å²) in [6, 6.07) is 0.648. The van der Waals surface area contributed by atoms with Gasteiger partial charge in [-0.2, -0.15) is 0 Å². The molecule has 72 valence electrons. The molecule has 0 atom stereocenters. The minimum absolute atomic E-state index is 0.648. The van der Waals surface area contributed by atoms with Gasteiger partial charge in [0.15, 0.2) is 6.20 Å². The van der Waals surface area contributed by atoms with Crippen LogP contribution in [-0.2, 0) is 0 Å². The van der Waals surface area contributed by atoms with E-state index in [9.17, 15) is 0 Å². The predicted octanol–water partition coefficient (Wildman–Crippen LogP) is 1.14. The molecule has 0 radical (unpaired) electrons. The van der Waals surface area contributed by atoms with E-state index in [2.05, 4.69) is 43.0 Å². The Bertz CT molecular complexity index is 501. The normalized spacial score (nSPS) is 16.4. The Morgan fingerprint density at radius 1 is 1.57 bits per heavy atom.